The maximum Gasteiger partial charge on any atom is 0.323 e. The number of hydrogen-bond acceptors (Lipinski definition) is 5. The Kier molecular flexibility index (Phi) is 3.35. The summed E-state index contributed by atoms with van der Waals surface area (Å²) in [7, 11) is -7.70. The topological polar surface area (TPSA) is 77.5 Å². The van der Waals surface area contributed by atoms with Gasteiger partial charge in [-0.25, -0.2) is 8.42 Å². The van der Waals surface area contributed by atoms with Gasteiger partial charge in [-0.1, -0.05) is 18.2 Å². The lowest BCUT2D eigenvalue weighted by Crippen LogP contribution is -2.20. The van der Waals surface area contributed by atoms with Crippen LogP contribution in [-0.2, 0) is 20.0 Å². The summed E-state index contributed by atoms with van der Waals surface area (Å²) in [4.78, 5) is 0. The molecule has 0 aliphatic rings. The fraction of sp³-hybridized carbons (Fsp3) is 0.250. The highest BCUT2D eigenvalue weighted by Crippen LogP contribution is 2.12. The van der Waals surface area contributed by atoms with Gasteiger partial charge in [0.15, 0.2) is 14.9 Å². The summed E-state index contributed by atoms with van der Waals surface area (Å²) in [5.41, 5.74) is 0. The van der Waals surface area contributed by atoms with E-state index in [4.69, 9.17) is 0 Å². The molecule has 0 aliphatic heterocycles. The quantitative estimate of drug-likeness (QED) is 0.723. The lowest BCUT2D eigenvalue weighted by atomic mass is 10.3. The number of sulfone groups is 1. The van der Waals surface area contributed by atoms with Crippen LogP contribution in [0.3, 0.4) is 0 Å². The van der Waals surface area contributed by atoms with Crippen LogP contribution < -0.4 is 4.18 Å². The standard InChI is InChI=1S/C8H10O5S2/c1-14(9,10)7-15(11,12)13-8-5-3-2-4-6-8/h2-6H,7H2,1H3. The molecule has 0 N–H and O–H groups in total. The molecule has 0 fully saturated rings. The second-order valence-corrected chi connectivity index (χ2v) is 7.07. The maximum atomic E-state index is 11.2. The Balaban J connectivity index is 2.83. The number of para-hydroxylation sites is 1. The van der Waals surface area contributed by atoms with E-state index in [-0.39, 0.29) is 5.75 Å². The fourth-order valence-corrected chi connectivity index (χ4v) is 3.60. The summed E-state index contributed by atoms with van der Waals surface area (Å²) in [5.74, 6) is 0.0983. The van der Waals surface area contributed by atoms with Gasteiger partial charge in [0, 0.05) is 6.26 Å². The first-order chi connectivity index (χ1) is 6.79. The number of benzene rings is 1. The van der Waals surface area contributed by atoms with Crippen LogP contribution in [0.5, 0.6) is 5.75 Å². The van der Waals surface area contributed by atoms with Crippen molar-refractivity contribution in [3.8, 4) is 5.75 Å². The molecule has 1 rings (SSSR count). The van der Waals surface area contributed by atoms with Crippen molar-refractivity contribution in [2.24, 2.45) is 0 Å². The molecule has 0 atom stereocenters. The van der Waals surface area contributed by atoms with Gasteiger partial charge in [0.2, 0.25) is 0 Å². The second kappa shape index (κ2) is 4.19. The summed E-state index contributed by atoms with van der Waals surface area (Å²) in [6.07, 6.45) is 0.832. The first-order valence-corrected chi connectivity index (χ1v) is 7.57. The van der Waals surface area contributed by atoms with Gasteiger partial charge in [0.05, 0.1) is 0 Å². The van der Waals surface area contributed by atoms with Gasteiger partial charge >= 0.3 is 10.1 Å². The van der Waals surface area contributed by atoms with Crippen molar-refractivity contribution in [2.75, 3.05) is 11.3 Å². The average molecular weight is 250 g/mol. The van der Waals surface area contributed by atoms with E-state index in [1.165, 1.54) is 12.1 Å². The van der Waals surface area contributed by atoms with E-state index in [0.717, 1.165) is 6.26 Å². The van der Waals surface area contributed by atoms with E-state index >= 15 is 0 Å². The molecule has 84 valence electrons. The highest BCUT2D eigenvalue weighted by molar-refractivity contribution is 8.05. The molecule has 0 unspecified atom stereocenters. The zero-order valence-electron chi connectivity index (χ0n) is 7.95. The van der Waals surface area contributed by atoms with Gasteiger partial charge in [-0.05, 0) is 12.1 Å². The van der Waals surface area contributed by atoms with E-state index in [1.54, 1.807) is 18.2 Å². The third-order valence-corrected chi connectivity index (χ3v) is 4.64. The largest absolute Gasteiger partial charge is 0.382 e. The third kappa shape index (κ3) is 4.80. The molecule has 0 saturated heterocycles. The van der Waals surface area contributed by atoms with Crippen molar-refractivity contribution < 1.29 is 21.0 Å². The lowest BCUT2D eigenvalue weighted by molar-refractivity contribution is 0.490. The highest BCUT2D eigenvalue weighted by Gasteiger charge is 2.19. The predicted octanol–water partition coefficient (Wildman–Crippen LogP) is 0.397. The number of hydrogen-bond donors (Lipinski definition) is 0. The highest BCUT2D eigenvalue weighted by atomic mass is 32.3. The summed E-state index contributed by atoms with van der Waals surface area (Å²) in [5, 5.41) is -1.02. The predicted molar refractivity (Wildman–Crippen MR) is 55.7 cm³/mol. The Morgan fingerprint density at radius 3 is 2.07 bits per heavy atom. The molecule has 5 nitrogen and oxygen atoms in total. The van der Waals surface area contributed by atoms with Gasteiger partial charge in [-0.2, -0.15) is 8.42 Å². The van der Waals surface area contributed by atoms with Crippen LogP contribution in [0.25, 0.3) is 0 Å². The van der Waals surface area contributed by atoms with Crippen LogP contribution in [0.15, 0.2) is 30.3 Å². The Bertz CT molecular complexity index is 515. The molecule has 0 aromatic heterocycles. The van der Waals surface area contributed by atoms with E-state index in [9.17, 15) is 16.8 Å². The SMILES string of the molecule is CS(=O)(=O)CS(=O)(=O)Oc1ccccc1. The number of rotatable bonds is 4. The fourth-order valence-electron chi connectivity index (χ4n) is 0.909. The van der Waals surface area contributed by atoms with Crippen LogP contribution in [-0.4, -0.2) is 28.2 Å². The normalized spacial score (nSPS) is 12.3. The Labute approximate surface area is 88.7 Å². The smallest absolute Gasteiger partial charge is 0.323 e. The van der Waals surface area contributed by atoms with Gasteiger partial charge in [0.1, 0.15) is 5.75 Å². The molecule has 0 spiro atoms. The van der Waals surface area contributed by atoms with Crippen molar-refractivity contribution in [3.63, 3.8) is 0 Å². The van der Waals surface area contributed by atoms with Gasteiger partial charge in [-0.15, -0.1) is 0 Å². The van der Waals surface area contributed by atoms with Crippen LogP contribution in [0.2, 0.25) is 0 Å². The van der Waals surface area contributed by atoms with Crippen LogP contribution in [0.1, 0.15) is 0 Å². The van der Waals surface area contributed by atoms with Crippen molar-refractivity contribution in [1.82, 2.24) is 0 Å². The minimum absolute atomic E-state index is 0.0983. The van der Waals surface area contributed by atoms with Crippen molar-refractivity contribution >= 4 is 20.0 Å². The molecule has 0 aliphatic carbocycles. The van der Waals surface area contributed by atoms with E-state index < -0.39 is 25.0 Å². The molecular formula is C8H10O5S2. The molecule has 0 amide bonds. The van der Waals surface area contributed by atoms with Crippen LogP contribution in [0, 0.1) is 0 Å². The average Bonchev–Trinajstić information content (AvgIpc) is 1.99. The minimum Gasteiger partial charge on any atom is -0.382 e. The summed E-state index contributed by atoms with van der Waals surface area (Å²) >= 11 is 0. The van der Waals surface area contributed by atoms with Crippen molar-refractivity contribution in [1.29, 1.82) is 0 Å². The monoisotopic (exact) mass is 250 g/mol. The summed E-state index contributed by atoms with van der Waals surface area (Å²) < 4.78 is 48.6. The Morgan fingerprint density at radius 1 is 1.07 bits per heavy atom. The first-order valence-electron chi connectivity index (χ1n) is 3.93. The van der Waals surface area contributed by atoms with Crippen molar-refractivity contribution in [2.45, 2.75) is 0 Å². The zero-order chi connectivity index (χ0) is 11.5. The molecular weight excluding hydrogens is 240 g/mol. The molecule has 0 bridgehead atoms. The van der Waals surface area contributed by atoms with Gasteiger partial charge in [-0.3, -0.25) is 0 Å². The second-order valence-electron chi connectivity index (χ2n) is 3.00. The Hall–Kier alpha value is -1.08. The molecule has 1 aromatic rings. The van der Waals surface area contributed by atoms with E-state index in [1.807, 2.05) is 0 Å². The lowest BCUT2D eigenvalue weighted by Gasteiger charge is -2.04. The molecule has 1 aromatic carbocycles. The summed E-state index contributed by atoms with van der Waals surface area (Å²) in [6, 6.07) is 7.73. The van der Waals surface area contributed by atoms with E-state index in [2.05, 4.69) is 4.18 Å². The molecule has 0 saturated carbocycles. The molecule has 15 heavy (non-hydrogen) atoms. The summed E-state index contributed by atoms with van der Waals surface area (Å²) in [6.45, 7) is 0. The molecule has 0 radical (unpaired) electrons. The van der Waals surface area contributed by atoms with Crippen molar-refractivity contribution in [3.05, 3.63) is 30.3 Å². The van der Waals surface area contributed by atoms with Crippen LogP contribution in [0.4, 0.5) is 0 Å². The molecule has 0 heterocycles. The van der Waals surface area contributed by atoms with Crippen LogP contribution >= 0.6 is 0 Å². The minimum atomic E-state index is -4.08. The van der Waals surface area contributed by atoms with Gasteiger partial charge in [0.25, 0.3) is 0 Å². The maximum absolute atomic E-state index is 11.2. The first kappa shape index (κ1) is 12.0. The molecule has 7 heteroatoms. The zero-order valence-corrected chi connectivity index (χ0v) is 9.58. The Morgan fingerprint density at radius 2 is 1.60 bits per heavy atom. The van der Waals surface area contributed by atoms with Gasteiger partial charge < -0.3 is 4.18 Å². The van der Waals surface area contributed by atoms with E-state index in [0.29, 0.717) is 0 Å². The third-order valence-electron chi connectivity index (χ3n) is 1.32.